The van der Waals surface area contributed by atoms with Crippen molar-refractivity contribution in [3.05, 3.63) is 50.1 Å². The molecule has 0 spiro atoms. The van der Waals surface area contributed by atoms with Crippen LogP contribution < -0.4 is 0 Å². The first-order chi connectivity index (χ1) is 68.3. The third kappa shape index (κ3) is 60.0. The molecule has 47 heteroatoms. The van der Waals surface area contributed by atoms with E-state index in [0.29, 0.717) is 0 Å². The van der Waals surface area contributed by atoms with Crippen molar-refractivity contribution in [1.29, 1.82) is 0 Å². The predicted octanol–water partition coefficient (Wildman–Crippen LogP) is 6.30. The van der Waals surface area contributed by atoms with Gasteiger partial charge in [0.1, 0.15) is 6.61 Å². The molecule has 30 atom stereocenters. The number of hydrogen-bond acceptors (Lipinski definition) is 44. The van der Waals surface area contributed by atoms with Crippen molar-refractivity contribution in [1.82, 2.24) is 0 Å². The molecule has 30 unspecified atom stereocenters. The van der Waals surface area contributed by atoms with Crippen molar-refractivity contribution >= 4 is 57.8 Å². The van der Waals surface area contributed by atoms with Crippen molar-refractivity contribution < 1.29 is 207 Å². The van der Waals surface area contributed by atoms with Crippen LogP contribution in [0.5, 0.6) is 0 Å². The summed E-state index contributed by atoms with van der Waals surface area (Å²) in [4.78, 5) is 32.0. The van der Waals surface area contributed by atoms with Gasteiger partial charge in [0.25, 0.3) is 0 Å². The fourth-order valence-electron chi connectivity index (χ4n) is 14.6. The molecular formula is C94H175ClO44Se2. The molecule has 13 heterocycles. The van der Waals surface area contributed by atoms with Gasteiger partial charge in [0.2, 0.25) is 5.24 Å². The molecule has 834 valence electrons. The number of methoxy groups -OCH3 is 9. The van der Waals surface area contributed by atoms with E-state index in [0.717, 1.165) is 186 Å². The van der Waals surface area contributed by atoms with E-state index in [9.17, 15) is 37.4 Å². The topological polar surface area (TPSA) is 566 Å². The van der Waals surface area contributed by atoms with E-state index < -0.39 is 114 Å². The molecule has 0 aliphatic carbocycles. The van der Waals surface area contributed by atoms with Crippen LogP contribution in [0.1, 0.15) is 215 Å². The minimum absolute atomic E-state index is 0.00120. The average Bonchev–Trinajstić information content (AvgIpc) is 1.66. The molecule has 0 aromatic carbocycles. The maximum absolute atomic E-state index is 11.8. The largest absolute Gasteiger partial charge is 0.346 e. The van der Waals surface area contributed by atoms with Gasteiger partial charge in [-0.05, 0) is 191 Å². The number of rotatable bonds is 31. The van der Waals surface area contributed by atoms with Crippen molar-refractivity contribution in [2.24, 2.45) is 0 Å². The molecule has 0 amide bonds. The summed E-state index contributed by atoms with van der Waals surface area (Å²) in [5.41, 5.74) is 0. The van der Waals surface area contributed by atoms with Crippen LogP contribution in [-0.4, -0.2) is 425 Å². The van der Waals surface area contributed by atoms with Crippen LogP contribution in [0.3, 0.4) is 0 Å². The predicted molar refractivity (Wildman–Crippen MR) is 510 cm³/mol. The number of hydrogen-bond donors (Lipinski definition) is 11. The van der Waals surface area contributed by atoms with Gasteiger partial charge in [-0.2, -0.15) is 0 Å². The monoisotopic (exact) mass is 2200 g/mol. The molecule has 13 fully saturated rings. The number of fused-ring (bicyclic) bond motifs is 2. The van der Waals surface area contributed by atoms with Crippen molar-refractivity contribution in [2.75, 3.05) is 150 Å². The maximum atomic E-state index is 11.8. The summed E-state index contributed by atoms with van der Waals surface area (Å²) in [5.74, 6) is -0.963. The van der Waals surface area contributed by atoms with Crippen LogP contribution in [0, 0.1) is 0 Å². The Morgan fingerprint density at radius 3 is 0.730 bits per heavy atom. The van der Waals surface area contributed by atoms with Gasteiger partial charge < -0.3 is 126 Å². The van der Waals surface area contributed by atoms with Gasteiger partial charge in [0.15, 0.2) is 56.6 Å². The molecule has 44 nitrogen and oxygen atoms in total. The molecule has 0 radical (unpaired) electrons. The second-order valence-electron chi connectivity index (χ2n) is 31.9. The van der Waals surface area contributed by atoms with Crippen molar-refractivity contribution in [2.45, 2.75) is 388 Å². The van der Waals surface area contributed by atoms with E-state index >= 15 is 0 Å². The SMILES string of the molecule is C=CC(=O)Cl.C=CC(=O)OCC1CCCC(OC)O1.C=CCOC1OC(CO)C2O[Se](=O)OC2C1O.CC.CC.CC.COC1CCCC(CO)O1.COC1CCCC(CO)O1.COC1CCCC(CO)O1.COC1CCCC(CO)O1.COC1CCCC(CO)O1.COC1CCCC(CO)O1.COC1CCCC(CO)O1.COC1CCCC(COC(=O)C=CCOC2OC(CO)C3O[Se](=O)OC3C2O)O1. The first-order valence-corrected chi connectivity index (χ1v) is 53.4. The normalized spacial score (nSPS) is 33.8. The van der Waals surface area contributed by atoms with Crippen LogP contribution in [-0.2, 0) is 151 Å². The molecule has 11 N–H and O–H groups in total. The number of ether oxygens (including phenoxy) is 24. The first-order valence-electron chi connectivity index (χ1n) is 48.9. The Hall–Kier alpha value is -2.98. The Labute approximate surface area is 848 Å². The van der Waals surface area contributed by atoms with Crippen LogP contribution in [0.4, 0.5) is 0 Å². The molecule has 13 aliphatic heterocycles. The number of esters is 2. The quantitative estimate of drug-likeness (QED) is 0.0119. The van der Waals surface area contributed by atoms with E-state index in [1.165, 1.54) is 18.2 Å². The summed E-state index contributed by atoms with van der Waals surface area (Å²) in [5, 5.41) is 99.3. The Bertz CT molecular complexity index is 2800. The van der Waals surface area contributed by atoms with Crippen molar-refractivity contribution in [3.63, 3.8) is 0 Å². The molecule has 0 aromatic heterocycles. The number of aliphatic hydroxyl groups is 11. The first kappa shape index (κ1) is 138. The van der Waals surface area contributed by atoms with Crippen LogP contribution in [0.2, 0.25) is 0 Å². The van der Waals surface area contributed by atoms with Crippen LogP contribution in [0.25, 0.3) is 0 Å². The van der Waals surface area contributed by atoms with Gasteiger partial charge in [0, 0.05) is 70.1 Å². The standard InChI is InChI=1S/C17H26O11Se.C10H16O4.C9H14O7Se.7C7H14O3.C3H3ClO.3C2H6/c1-22-13-6-2-4-10(25-13)9-24-12(19)5-3-7-23-17-14(20)16-15(11(8-18)26-17)27-29(21)28-16;1-3-9(11)13-7-8-5-4-6-10(12-2)14-8;1-2-3-13-9-6(11)8-7(5(4-10)14-9)15-17(12)16-8;7*1-9-7-4-2-3-6(5-8)10-7;1-2-3(4)5;3*1-2/h3,5,10-11,13-18,20H,2,4,6-9H2,1H3;3,8,10H,1,4-7H2,2H3;2,5-11H,1,3-4H2;7*6-8H,2-5H2,1H3;2H,1H2;3*1-2H3. The number of halogens is 1. The van der Waals surface area contributed by atoms with Crippen LogP contribution >= 0.6 is 11.6 Å². The maximum Gasteiger partial charge on any atom is -0.346 e. The van der Waals surface area contributed by atoms with Gasteiger partial charge in [-0.15, -0.1) is 0 Å². The molecule has 0 saturated carbocycles. The number of allylic oxidation sites excluding steroid dienone is 1. The second-order valence-corrected chi connectivity index (χ2v) is 35.6. The van der Waals surface area contributed by atoms with E-state index in [2.05, 4.69) is 19.7 Å². The molecule has 0 aromatic rings. The van der Waals surface area contributed by atoms with E-state index in [4.69, 9.17) is 181 Å². The van der Waals surface area contributed by atoms with Gasteiger partial charge >= 0.3 is 238 Å². The molecule has 141 heavy (non-hydrogen) atoms. The van der Waals surface area contributed by atoms with E-state index in [-0.39, 0.29) is 191 Å². The van der Waals surface area contributed by atoms with E-state index in [1.54, 1.807) is 64.0 Å². The fourth-order valence-corrected chi connectivity index (χ4v) is 18.3. The fraction of sp³-hybridized carbons (Fsp3) is 0.883. The van der Waals surface area contributed by atoms with Crippen molar-refractivity contribution in [3.8, 4) is 0 Å². The zero-order valence-corrected chi connectivity index (χ0v) is 89.7. The number of carbonyl (C=O) groups excluding carboxylic acids is 3. The summed E-state index contributed by atoms with van der Waals surface area (Å²) in [6.07, 6.45) is 22.1. The third-order valence-electron chi connectivity index (χ3n) is 22.1. The Morgan fingerprint density at radius 2 is 0.525 bits per heavy atom. The zero-order valence-electron chi connectivity index (χ0n) is 85.5. The summed E-state index contributed by atoms with van der Waals surface area (Å²) in [6, 6.07) is 0. The van der Waals surface area contributed by atoms with Crippen LogP contribution in [0.15, 0.2) is 50.1 Å². The molecule has 13 saturated heterocycles. The molecule has 0 bridgehead atoms. The van der Waals surface area contributed by atoms with Gasteiger partial charge in [0.05, 0.1) is 95.1 Å². The van der Waals surface area contributed by atoms with E-state index in [1.807, 2.05) is 41.5 Å². The Balaban J connectivity index is 0.00000156. The summed E-state index contributed by atoms with van der Waals surface area (Å²) in [7, 11) is 14.6. The summed E-state index contributed by atoms with van der Waals surface area (Å²) >= 11 is -1.11. The minimum Gasteiger partial charge on any atom is -0.346 e. The molecular weight excluding hydrogens is 2030 g/mol. The average molecular weight is 2200 g/mol. The van der Waals surface area contributed by atoms with Gasteiger partial charge in [-0.25, -0.2) is 4.79 Å². The minimum atomic E-state index is -2.97. The summed E-state index contributed by atoms with van der Waals surface area (Å²) in [6.45, 7) is 22.5. The molecule has 13 rings (SSSR count). The smallest absolute Gasteiger partial charge is 0.346 e. The number of aliphatic hydroxyl groups excluding tert-OH is 11. The third-order valence-corrected chi connectivity index (χ3v) is 25.4. The Kier molecular flexibility index (Phi) is 86.9. The zero-order chi connectivity index (χ0) is 106. The summed E-state index contributed by atoms with van der Waals surface area (Å²) < 4.78 is 168. The molecule has 13 aliphatic rings. The van der Waals surface area contributed by atoms with Gasteiger partial charge in [-0.1, -0.05) is 54.7 Å². The van der Waals surface area contributed by atoms with Gasteiger partial charge in [-0.3, -0.25) is 4.79 Å². The number of carbonyl (C=O) groups is 3. The Morgan fingerprint density at radius 1 is 0.312 bits per heavy atom. The second kappa shape index (κ2) is 88.7.